The van der Waals surface area contributed by atoms with Gasteiger partial charge in [-0.15, -0.1) is 0 Å². The minimum atomic E-state index is -0.559. The van der Waals surface area contributed by atoms with Gasteiger partial charge in [-0.25, -0.2) is 19.3 Å². The second-order valence-corrected chi connectivity index (χ2v) is 9.57. The van der Waals surface area contributed by atoms with E-state index in [1.54, 1.807) is 0 Å². The number of aromatic amines is 1. The molecule has 1 N–H and O–H groups in total. The van der Waals surface area contributed by atoms with Crippen LogP contribution in [0.15, 0.2) is 109 Å². The van der Waals surface area contributed by atoms with E-state index in [9.17, 15) is 4.79 Å². The molecule has 0 amide bonds. The monoisotopic (exact) mass is 488 g/mol. The van der Waals surface area contributed by atoms with E-state index in [0.717, 1.165) is 39.0 Å². The maximum atomic E-state index is 12.6. The molecule has 184 valence electrons. The van der Waals surface area contributed by atoms with Crippen LogP contribution in [0.4, 0.5) is 4.79 Å². The zero-order valence-electron chi connectivity index (χ0n) is 21.1. The lowest BCUT2D eigenvalue weighted by Crippen LogP contribution is -2.27. The lowest BCUT2D eigenvalue weighted by atomic mass is 10.2. The third-order valence-electron chi connectivity index (χ3n) is 5.61. The first-order chi connectivity index (χ1) is 17.9. The molecule has 2 aromatic heterocycles. The molecule has 0 spiro atoms. The molecule has 0 saturated heterocycles. The van der Waals surface area contributed by atoms with Crippen LogP contribution in [0.25, 0.3) is 44.8 Å². The summed E-state index contributed by atoms with van der Waals surface area (Å²) in [6.45, 7) is 5.56. The number of ether oxygens (including phenoxy) is 1. The van der Waals surface area contributed by atoms with Gasteiger partial charge < -0.3 is 9.72 Å². The van der Waals surface area contributed by atoms with E-state index >= 15 is 0 Å². The minimum absolute atomic E-state index is 0.417. The fourth-order valence-electron chi connectivity index (χ4n) is 3.98. The second-order valence-electron chi connectivity index (χ2n) is 9.57. The van der Waals surface area contributed by atoms with E-state index in [1.807, 2.05) is 118 Å². The lowest BCUT2D eigenvalue weighted by molar-refractivity contribution is 0.0546. The number of benzene rings is 4. The first kappa shape index (κ1) is 24.0. The van der Waals surface area contributed by atoms with Crippen LogP contribution in [0.1, 0.15) is 20.8 Å². The number of nitrogens with one attached hydrogen (secondary N) is 1. The molecule has 6 aromatic rings. The van der Waals surface area contributed by atoms with Gasteiger partial charge in [0.25, 0.3) is 0 Å². The molecule has 0 unspecified atom stereocenters. The van der Waals surface area contributed by atoms with Crippen LogP contribution in [0.2, 0.25) is 0 Å². The first-order valence-electron chi connectivity index (χ1n) is 12.2. The predicted molar refractivity (Wildman–Crippen MR) is 148 cm³/mol. The fourth-order valence-corrected chi connectivity index (χ4v) is 3.98. The maximum Gasteiger partial charge on any atom is 0.420 e. The van der Waals surface area contributed by atoms with E-state index < -0.39 is 11.7 Å². The molecule has 6 nitrogen and oxygen atoms in total. The standard InChI is InChI=1S/C18H18N2O2.C13H10N2/c1-18(2,3)22-17(21)20-15-12-8-7-11-14(15)19-16(20)13-9-5-4-6-10-13;1-2-6-10(7-3-1)13-14-11-8-4-5-9-12(11)15-13/h4-12H,1-3H3;1-9H,(H,14,15). The summed E-state index contributed by atoms with van der Waals surface area (Å²) < 4.78 is 7.07. The molecule has 0 saturated carbocycles. The van der Waals surface area contributed by atoms with Gasteiger partial charge in [0.15, 0.2) is 5.82 Å². The van der Waals surface area contributed by atoms with E-state index in [0.29, 0.717) is 5.82 Å². The number of nitrogens with zero attached hydrogens (tertiary/aromatic N) is 3. The van der Waals surface area contributed by atoms with Gasteiger partial charge in [-0.3, -0.25) is 0 Å². The Balaban J connectivity index is 0.000000162. The molecule has 37 heavy (non-hydrogen) atoms. The number of para-hydroxylation sites is 4. The molecule has 2 heterocycles. The smallest absolute Gasteiger partial charge is 0.420 e. The zero-order chi connectivity index (χ0) is 25.8. The van der Waals surface area contributed by atoms with E-state index in [2.05, 4.69) is 27.1 Å². The quantitative estimate of drug-likeness (QED) is 0.271. The number of aromatic nitrogens is 4. The zero-order valence-corrected chi connectivity index (χ0v) is 21.1. The number of H-pyrrole nitrogens is 1. The Morgan fingerprint density at radius 1 is 0.703 bits per heavy atom. The molecular formula is C31H28N4O2. The molecule has 0 atom stereocenters. The predicted octanol–water partition coefficient (Wildman–Crippen LogP) is 7.72. The average molecular weight is 489 g/mol. The Labute approximate surface area is 215 Å². The lowest BCUT2D eigenvalue weighted by Gasteiger charge is -2.20. The van der Waals surface area contributed by atoms with Crippen LogP contribution in [-0.2, 0) is 4.74 Å². The van der Waals surface area contributed by atoms with Crippen molar-refractivity contribution < 1.29 is 9.53 Å². The Morgan fingerprint density at radius 2 is 1.27 bits per heavy atom. The Kier molecular flexibility index (Phi) is 6.56. The van der Waals surface area contributed by atoms with Crippen LogP contribution < -0.4 is 0 Å². The number of hydrogen-bond acceptors (Lipinski definition) is 4. The minimum Gasteiger partial charge on any atom is -0.443 e. The van der Waals surface area contributed by atoms with Gasteiger partial charge in [0.05, 0.1) is 22.1 Å². The van der Waals surface area contributed by atoms with Crippen molar-refractivity contribution in [3.8, 4) is 22.8 Å². The highest BCUT2D eigenvalue weighted by Crippen LogP contribution is 2.26. The van der Waals surface area contributed by atoms with Crippen LogP contribution >= 0.6 is 0 Å². The largest absolute Gasteiger partial charge is 0.443 e. The fraction of sp³-hybridized carbons (Fsp3) is 0.129. The van der Waals surface area contributed by atoms with Crippen LogP contribution in [0, 0.1) is 0 Å². The third-order valence-corrected chi connectivity index (χ3v) is 5.61. The van der Waals surface area contributed by atoms with Gasteiger partial charge in [-0.1, -0.05) is 84.9 Å². The normalized spacial score (nSPS) is 11.2. The van der Waals surface area contributed by atoms with E-state index in [1.165, 1.54) is 4.57 Å². The maximum absolute atomic E-state index is 12.6. The molecule has 0 bridgehead atoms. The van der Waals surface area contributed by atoms with Crippen molar-refractivity contribution >= 4 is 28.2 Å². The summed E-state index contributed by atoms with van der Waals surface area (Å²) in [6.07, 6.45) is -0.417. The van der Waals surface area contributed by atoms with Gasteiger partial charge >= 0.3 is 6.09 Å². The number of carbonyl (C=O) groups is 1. The molecule has 4 aromatic carbocycles. The topological polar surface area (TPSA) is 72.8 Å². The third kappa shape index (κ3) is 5.43. The summed E-state index contributed by atoms with van der Waals surface area (Å²) in [4.78, 5) is 25.1. The number of rotatable bonds is 2. The second kappa shape index (κ2) is 10.1. The van der Waals surface area contributed by atoms with Crippen LogP contribution in [-0.4, -0.2) is 31.2 Å². The number of fused-ring (bicyclic) bond motifs is 2. The van der Waals surface area contributed by atoms with Gasteiger partial charge in [0.1, 0.15) is 11.4 Å². The summed E-state index contributed by atoms with van der Waals surface area (Å²) >= 11 is 0. The molecule has 0 aliphatic rings. The van der Waals surface area contributed by atoms with Crippen molar-refractivity contribution in [1.82, 2.24) is 19.5 Å². The Hall–Kier alpha value is -4.71. The molecule has 0 aliphatic carbocycles. The summed E-state index contributed by atoms with van der Waals surface area (Å²) in [6, 6.07) is 35.4. The van der Waals surface area contributed by atoms with Crippen molar-refractivity contribution in [3.05, 3.63) is 109 Å². The van der Waals surface area contributed by atoms with Gasteiger partial charge in [-0.05, 0) is 45.0 Å². The van der Waals surface area contributed by atoms with Crippen LogP contribution in [0.5, 0.6) is 0 Å². The van der Waals surface area contributed by atoms with Gasteiger partial charge in [-0.2, -0.15) is 0 Å². The first-order valence-corrected chi connectivity index (χ1v) is 12.2. The Bertz CT molecular complexity index is 1610. The molecule has 0 aliphatic heterocycles. The van der Waals surface area contributed by atoms with Crippen molar-refractivity contribution in [3.63, 3.8) is 0 Å². The molecule has 0 radical (unpaired) electrons. The molecular weight excluding hydrogens is 460 g/mol. The Morgan fingerprint density at radius 3 is 1.92 bits per heavy atom. The summed E-state index contributed by atoms with van der Waals surface area (Å²) in [7, 11) is 0. The van der Waals surface area contributed by atoms with Crippen molar-refractivity contribution in [2.75, 3.05) is 0 Å². The summed E-state index contributed by atoms with van der Waals surface area (Å²) in [5.74, 6) is 1.52. The van der Waals surface area contributed by atoms with E-state index in [-0.39, 0.29) is 0 Å². The SMILES string of the molecule is CC(C)(C)OC(=O)n1c(-c2ccccc2)nc2ccccc21.c1ccc(-c2nc3ccccc3[nH]2)cc1. The molecule has 6 rings (SSSR count). The highest BCUT2D eigenvalue weighted by molar-refractivity contribution is 5.92. The van der Waals surface area contributed by atoms with Gasteiger partial charge in [0.2, 0.25) is 0 Å². The molecule has 0 fully saturated rings. The number of hydrogen-bond donors (Lipinski definition) is 1. The highest BCUT2D eigenvalue weighted by atomic mass is 16.6. The van der Waals surface area contributed by atoms with Gasteiger partial charge in [0, 0.05) is 11.1 Å². The van der Waals surface area contributed by atoms with Crippen molar-refractivity contribution in [1.29, 1.82) is 0 Å². The number of imidazole rings is 2. The van der Waals surface area contributed by atoms with E-state index in [4.69, 9.17) is 4.74 Å². The molecule has 6 heteroatoms. The van der Waals surface area contributed by atoms with Crippen LogP contribution in [0.3, 0.4) is 0 Å². The summed E-state index contributed by atoms with van der Waals surface area (Å²) in [5, 5.41) is 0. The van der Waals surface area contributed by atoms with Crippen molar-refractivity contribution in [2.45, 2.75) is 26.4 Å². The average Bonchev–Trinajstić information content (AvgIpc) is 3.51. The number of carbonyl (C=O) groups excluding carboxylic acids is 1. The van der Waals surface area contributed by atoms with Crippen molar-refractivity contribution in [2.24, 2.45) is 0 Å². The highest BCUT2D eigenvalue weighted by Gasteiger charge is 2.23. The summed E-state index contributed by atoms with van der Waals surface area (Å²) in [5.41, 5.74) is 5.05.